The fraction of sp³-hybridized carbons (Fsp3) is 0.600. The molecule has 1 aromatic carbocycles. The van der Waals surface area contributed by atoms with Gasteiger partial charge < -0.3 is 5.32 Å². The van der Waals surface area contributed by atoms with E-state index >= 15 is 0 Å². The maximum Gasteiger partial charge on any atom is 0.124 e. The lowest BCUT2D eigenvalue weighted by molar-refractivity contribution is 0.456. The Hall–Kier alpha value is -0.410. The summed E-state index contributed by atoms with van der Waals surface area (Å²) < 4.78 is 13.9. The van der Waals surface area contributed by atoms with Crippen LogP contribution < -0.4 is 5.32 Å². The normalized spacial score (nSPS) is 40.0. The first kappa shape index (κ1) is 11.4. The molecule has 3 aliphatic carbocycles. The molecule has 1 aromatic rings. The number of nitrogens with one attached hydrogen (secondary N) is 1. The number of hydrogen-bond acceptors (Lipinski definition) is 1. The predicted molar refractivity (Wildman–Crippen MR) is 72.5 cm³/mol. The van der Waals surface area contributed by atoms with Crippen LogP contribution in [0.15, 0.2) is 22.7 Å². The van der Waals surface area contributed by atoms with Crippen LogP contribution in [0.3, 0.4) is 0 Å². The van der Waals surface area contributed by atoms with Crippen LogP contribution in [-0.2, 0) is 6.54 Å². The molecule has 4 atom stereocenters. The van der Waals surface area contributed by atoms with Gasteiger partial charge in [-0.25, -0.2) is 4.39 Å². The summed E-state index contributed by atoms with van der Waals surface area (Å²) in [6.45, 7) is 0.859. The van der Waals surface area contributed by atoms with Crippen molar-refractivity contribution < 1.29 is 4.39 Å². The van der Waals surface area contributed by atoms with Crippen molar-refractivity contribution >= 4 is 15.9 Å². The molecule has 0 spiro atoms. The van der Waals surface area contributed by atoms with Gasteiger partial charge in [0.05, 0.1) is 0 Å². The molecule has 4 rings (SSSR count). The monoisotopic (exact) mass is 309 g/mol. The molecule has 2 bridgehead atoms. The molecule has 1 N–H and O–H groups in total. The van der Waals surface area contributed by atoms with Crippen molar-refractivity contribution in [2.24, 2.45) is 23.7 Å². The minimum absolute atomic E-state index is 0.174. The zero-order valence-corrected chi connectivity index (χ0v) is 11.8. The minimum Gasteiger partial charge on any atom is -0.309 e. The highest BCUT2D eigenvalue weighted by atomic mass is 79.9. The molecule has 0 saturated heterocycles. The highest BCUT2D eigenvalue weighted by Gasteiger charge is 2.64. The summed E-state index contributed by atoms with van der Waals surface area (Å²) in [5.41, 5.74) is 1.16. The van der Waals surface area contributed by atoms with Gasteiger partial charge in [-0.1, -0.05) is 22.0 Å². The third-order valence-electron chi connectivity index (χ3n) is 5.28. The van der Waals surface area contributed by atoms with Crippen LogP contribution >= 0.6 is 15.9 Å². The maximum atomic E-state index is 13.0. The Kier molecular flexibility index (Phi) is 2.56. The second-order valence-electron chi connectivity index (χ2n) is 6.13. The van der Waals surface area contributed by atoms with Crippen LogP contribution in [0.2, 0.25) is 0 Å². The second-order valence-corrected chi connectivity index (χ2v) is 6.98. The summed E-state index contributed by atoms with van der Waals surface area (Å²) >= 11 is 3.43. The second kappa shape index (κ2) is 4.04. The van der Waals surface area contributed by atoms with Gasteiger partial charge in [0, 0.05) is 17.1 Å². The van der Waals surface area contributed by atoms with Gasteiger partial charge in [0.2, 0.25) is 0 Å². The van der Waals surface area contributed by atoms with Gasteiger partial charge in [-0.15, -0.1) is 0 Å². The molecule has 1 nitrogen and oxygen atoms in total. The lowest BCUT2D eigenvalue weighted by Gasteiger charge is -2.11. The van der Waals surface area contributed by atoms with Gasteiger partial charge in [0.25, 0.3) is 0 Å². The number of fused-ring (bicyclic) bond motifs is 5. The fourth-order valence-electron chi connectivity index (χ4n) is 4.49. The Morgan fingerprint density at radius 2 is 1.94 bits per heavy atom. The van der Waals surface area contributed by atoms with Gasteiger partial charge in [0.1, 0.15) is 5.82 Å². The summed E-state index contributed by atoms with van der Waals surface area (Å²) in [6, 6.07) is 5.71. The van der Waals surface area contributed by atoms with Crippen molar-refractivity contribution in [2.75, 3.05) is 0 Å². The molecule has 0 radical (unpaired) electrons. The standard InChI is InChI=1S/C15H17BrFN/c16-12-6-11(17)4-3-10(12)7-18-15-13-8-1-2-9(5-8)14(13)15/h3-4,6,8-9,13-15,18H,1-2,5,7H2. The molecule has 3 saturated carbocycles. The quantitative estimate of drug-likeness (QED) is 0.897. The van der Waals surface area contributed by atoms with Gasteiger partial charge in [0.15, 0.2) is 0 Å². The predicted octanol–water partition coefficient (Wildman–Crippen LogP) is 3.72. The van der Waals surface area contributed by atoms with Crippen molar-refractivity contribution in [2.45, 2.75) is 31.8 Å². The molecule has 3 fully saturated rings. The van der Waals surface area contributed by atoms with Crippen molar-refractivity contribution in [3.05, 3.63) is 34.1 Å². The molecule has 0 aromatic heterocycles. The minimum atomic E-state index is -0.174. The molecule has 4 unspecified atom stereocenters. The Labute approximate surface area is 115 Å². The summed E-state index contributed by atoms with van der Waals surface area (Å²) in [4.78, 5) is 0. The van der Waals surface area contributed by atoms with Crippen LogP contribution in [0, 0.1) is 29.5 Å². The van der Waals surface area contributed by atoms with Crippen LogP contribution in [0.5, 0.6) is 0 Å². The van der Waals surface area contributed by atoms with E-state index in [9.17, 15) is 4.39 Å². The molecular formula is C15H17BrFN. The first-order valence-electron chi connectivity index (χ1n) is 6.91. The summed E-state index contributed by atoms with van der Waals surface area (Å²) in [6.07, 6.45) is 4.42. The molecule has 0 amide bonds. The lowest BCUT2D eigenvalue weighted by atomic mass is 10.0. The lowest BCUT2D eigenvalue weighted by Crippen LogP contribution is -2.22. The Morgan fingerprint density at radius 3 is 2.61 bits per heavy atom. The van der Waals surface area contributed by atoms with E-state index in [0.29, 0.717) is 0 Å². The first-order chi connectivity index (χ1) is 8.74. The third kappa shape index (κ3) is 1.67. The number of rotatable bonds is 3. The number of halogens is 2. The molecule has 96 valence electrons. The van der Waals surface area contributed by atoms with E-state index in [2.05, 4.69) is 21.2 Å². The van der Waals surface area contributed by atoms with Crippen molar-refractivity contribution in [3.63, 3.8) is 0 Å². The molecule has 18 heavy (non-hydrogen) atoms. The summed E-state index contributed by atoms with van der Waals surface area (Å²) in [7, 11) is 0. The van der Waals surface area contributed by atoms with E-state index in [1.807, 2.05) is 6.07 Å². The smallest absolute Gasteiger partial charge is 0.124 e. The zero-order valence-electron chi connectivity index (χ0n) is 10.2. The molecule has 0 aliphatic heterocycles. The van der Waals surface area contributed by atoms with E-state index < -0.39 is 0 Å². The average molecular weight is 310 g/mol. The zero-order chi connectivity index (χ0) is 12.3. The molecule has 3 heteroatoms. The van der Waals surface area contributed by atoms with Crippen LogP contribution in [0.4, 0.5) is 4.39 Å². The maximum absolute atomic E-state index is 13.0. The van der Waals surface area contributed by atoms with E-state index in [1.165, 1.54) is 19.3 Å². The highest BCUT2D eigenvalue weighted by molar-refractivity contribution is 9.10. The van der Waals surface area contributed by atoms with E-state index in [-0.39, 0.29) is 5.82 Å². The Morgan fingerprint density at radius 1 is 1.22 bits per heavy atom. The topological polar surface area (TPSA) is 12.0 Å². The first-order valence-corrected chi connectivity index (χ1v) is 7.70. The van der Waals surface area contributed by atoms with Crippen LogP contribution in [-0.4, -0.2) is 6.04 Å². The average Bonchev–Trinajstić information content (AvgIpc) is 2.75. The van der Waals surface area contributed by atoms with Crippen LogP contribution in [0.25, 0.3) is 0 Å². The largest absolute Gasteiger partial charge is 0.309 e. The van der Waals surface area contributed by atoms with Gasteiger partial charge >= 0.3 is 0 Å². The van der Waals surface area contributed by atoms with Crippen molar-refractivity contribution in [1.82, 2.24) is 5.32 Å². The van der Waals surface area contributed by atoms with Crippen LogP contribution in [0.1, 0.15) is 24.8 Å². The summed E-state index contributed by atoms with van der Waals surface area (Å²) in [5, 5.41) is 3.68. The fourth-order valence-corrected chi connectivity index (χ4v) is 4.98. The van der Waals surface area contributed by atoms with E-state index in [4.69, 9.17) is 0 Å². The number of benzene rings is 1. The third-order valence-corrected chi connectivity index (χ3v) is 6.02. The Balaban J connectivity index is 1.40. The highest BCUT2D eigenvalue weighted by Crippen LogP contribution is 2.65. The van der Waals surface area contributed by atoms with Gasteiger partial charge in [-0.05, 0) is 60.6 Å². The van der Waals surface area contributed by atoms with E-state index in [1.54, 1.807) is 12.1 Å². The van der Waals surface area contributed by atoms with Crippen molar-refractivity contribution in [1.29, 1.82) is 0 Å². The molecule has 3 aliphatic rings. The van der Waals surface area contributed by atoms with Gasteiger partial charge in [-0.3, -0.25) is 0 Å². The molecule has 0 heterocycles. The van der Waals surface area contributed by atoms with Crippen molar-refractivity contribution in [3.8, 4) is 0 Å². The summed E-state index contributed by atoms with van der Waals surface area (Å²) in [5.74, 6) is 3.77. The van der Waals surface area contributed by atoms with E-state index in [0.717, 1.165) is 46.3 Å². The van der Waals surface area contributed by atoms with Gasteiger partial charge in [-0.2, -0.15) is 0 Å². The SMILES string of the molecule is Fc1ccc(CNC2C3C4CCC(C4)C23)c(Br)c1. The molecular weight excluding hydrogens is 293 g/mol. The number of hydrogen-bond donors (Lipinski definition) is 1. The Bertz CT molecular complexity index is 473.